The Bertz CT molecular complexity index is 353. The van der Waals surface area contributed by atoms with E-state index < -0.39 is 0 Å². The Morgan fingerprint density at radius 3 is 2.69 bits per heavy atom. The second-order valence-electron chi connectivity index (χ2n) is 4.93. The maximum atomic E-state index is 5.86. The van der Waals surface area contributed by atoms with Crippen LogP contribution in [-0.4, -0.2) is 34.2 Å². The Kier molecular flexibility index (Phi) is 2.65. The van der Waals surface area contributed by atoms with Crippen molar-refractivity contribution in [3.8, 4) is 0 Å². The highest BCUT2D eigenvalue weighted by molar-refractivity contribution is 5.03. The number of piperidine rings is 1. The molecule has 2 fully saturated rings. The molecule has 0 aromatic carbocycles. The molecule has 1 saturated heterocycles. The van der Waals surface area contributed by atoms with Gasteiger partial charge in [-0.25, -0.2) is 0 Å². The smallest absolute Gasteiger partial charge is 0.240 e. The third kappa shape index (κ3) is 2.25. The van der Waals surface area contributed by atoms with Crippen molar-refractivity contribution >= 4 is 0 Å². The maximum Gasteiger partial charge on any atom is 0.240 e. The minimum atomic E-state index is 0.376. The minimum absolute atomic E-state index is 0.376. The molecule has 0 amide bonds. The van der Waals surface area contributed by atoms with Gasteiger partial charge in [-0.05, 0) is 25.7 Å². The van der Waals surface area contributed by atoms with Crippen molar-refractivity contribution in [2.45, 2.75) is 44.2 Å². The third-order valence-electron chi connectivity index (χ3n) is 3.42. The predicted octanol–water partition coefficient (Wildman–Crippen LogP) is 0.870. The van der Waals surface area contributed by atoms with Crippen LogP contribution in [0.3, 0.4) is 0 Å². The molecule has 2 N–H and O–H groups in total. The van der Waals surface area contributed by atoms with Crippen LogP contribution in [0, 0.1) is 0 Å². The molecule has 1 aliphatic carbocycles. The van der Waals surface area contributed by atoms with Gasteiger partial charge in [-0.3, -0.25) is 4.90 Å². The van der Waals surface area contributed by atoms with E-state index >= 15 is 0 Å². The average Bonchev–Trinajstić information content (AvgIpc) is 3.04. The van der Waals surface area contributed by atoms with Crippen LogP contribution in [0.25, 0.3) is 0 Å². The normalized spacial score (nSPS) is 23.8. The standard InChI is InChI=1S/C11H18N4O/c12-9-3-5-15(6-4-9)7-10-13-11(14-16-10)8-1-2-8/h8-9H,1-7,12H2. The molecule has 0 radical (unpaired) electrons. The van der Waals surface area contributed by atoms with Gasteiger partial charge in [0.1, 0.15) is 0 Å². The SMILES string of the molecule is NC1CCN(Cc2nc(C3CC3)no2)CC1. The number of nitrogens with zero attached hydrogens (tertiary/aromatic N) is 3. The molecule has 5 nitrogen and oxygen atoms in total. The monoisotopic (exact) mass is 222 g/mol. The van der Waals surface area contributed by atoms with E-state index in [9.17, 15) is 0 Å². The average molecular weight is 222 g/mol. The molecule has 88 valence electrons. The number of hydrogen-bond donors (Lipinski definition) is 1. The minimum Gasteiger partial charge on any atom is -0.338 e. The van der Waals surface area contributed by atoms with Gasteiger partial charge in [-0.1, -0.05) is 5.16 Å². The second-order valence-corrected chi connectivity index (χ2v) is 4.93. The third-order valence-corrected chi connectivity index (χ3v) is 3.42. The summed E-state index contributed by atoms with van der Waals surface area (Å²) in [5.74, 6) is 2.24. The molecule has 16 heavy (non-hydrogen) atoms. The fraction of sp³-hybridized carbons (Fsp3) is 0.818. The fourth-order valence-electron chi connectivity index (χ4n) is 2.14. The zero-order chi connectivity index (χ0) is 11.0. The van der Waals surface area contributed by atoms with Gasteiger partial charge in [-0.15, -0.1) is 0 Å². The van der Waals surface area contributed by atoms with Gasteiger partial charge in [0.2, 0.25) is 5.89 Å². The number of likely N-dealkylation sites (tertiary alicyclic amines) is 1. The van der Waals surface area contributed by atoms with Crippen molar-refractivity contribution in [1.29, 1.82) is 0 Å². The van der Waals surface area contributed by atoms with Crippen molar-refractivity contribution < 1.29 is 4.52 Å². The lowest BCUT2D eigenvalue weighted by molar-refractivity contribution is 0.182. The molecule has 1 saturated carbocycles. The van der Waals surface area contributed by atoms with E-state index in [-0.39, 0.29) is 0 Å². The zero-order valence-electron chi connectivity index (χ0n) is 9.43. The van der Waals surface area contributed by atoms with E-state index in [1.54, 1.807) is 0 Å². The van der Waals surface area contributed by atoms with E-state index in [0.29, 0.717) is 12.0 Å². The van der Waals surface area contributed by atoms with Crippen LogP contribution in [0.15, 0.2) is 4.52 Å². The topological polar surface area (TPSA) is 68.2 Å². The molecule has 0 spiro atoms. The van der Waals surface area contributed by atoms with Crippen LogP contribution in [0.2, 0.25) is 0 Å². The van der Waals surface area contributed by atoms with Gasteiger partial charge in [0.05, 0.1) is 6.54 Å². The first kappa shape index (κ1) is 10.2. The predicted molar refractivity (Wildman–Crippen MR) is 58.8 cm³/mol. The van der Waals surface area contributed by atoms with Gasteiger partial charge in [0.15, 0.2) is 5.82 Å². The summed E-state index contributed by atoms with van der Waals surface area (Å²) in [5, 5.41) is 4.02. The van der Waals surface area contributed by atoms with Crippen molar-refractivity contribution in [2.75, 3.05) is 13.1 Å². The van der Waals surface area contributed by atoms with Gasteiger partial charge in [0, 0.05) is 25.0 Å². The first-order valence-corrected chi connectivity index (χ1v) is 6.11. The number of rotatable bonds is 3. The number of nitrogens with two attached hydrogens (primary N) is 1. The Morgan fingerprint density at radius 1 is 1.25 bits per heavy atom. The number of hydrogen-bond acceptors (Lipinski definition) is 5. The quantitative estimate of drug-likeness (QED) is 0.822. The van der Waals surface area contributed by atoms with Crippen LogP contribution in [0.5, 0.6) is 0 Å². The lowest BCUT2D eigenvalue weighted by Crippen LogP contribution is -2.39. The zero-order valence-corrected chi connectivity index (χ0v) is 9.43. The molecule has 1 aromatic rings. The molecule has 5 heteroatoms. The van der Waals surface area contributed by atoms with E-state index in [1.807, 2.05) is 0 Å². The summed E-state index contributed by atoms with van der Waals surface area (Å²) in [5.41, 5.74) is 5.86. The first-order valence-electron chi connectivity index (χ1n) is 6.11. The summed E-state index contributed by atoms with van der Waals surface area (Å²) < 4.78 is 5.26. The lowest BCUT2D eigenvalue weighted by atomic mass is 10.1. The molecule has 1 aliphatic heterocycles. The molecule has 0 bridgehead atoms. The van der Waals surface area contributed by atoms with Gasteiger partial charge < -0.3 is 10.3 Å². The van der Waals surface area contributed by atoms with Gasteiger partial charge in [0.25, 0.3) is 0 Å². The lowest BCUT2D eigenvalue weighted by Gasteiger charge is -2.28. The Balaban J connectivity index is 1.56. The van der Waals surface area contributed by atoms with Crippen LogP contribution < -0.4 is 5.73 Å². The van der Waals surface area contributed by atoms with Crippen LogP contribution >= 0.6 is 0 Å². The van der Waals surface area contributed by atoms with Crippen molar-refractivity contribution in [3.05, 3.63) is 11.7 Å². The molecule has 1 aromatic heterocycles. The van der Waals surface area contributed by atoms with Crippen molar-refractivity contribution in [2.24, 2.45) is 5.73 Å². The largest absolute Gasteiger partial charge is 0.338 e. The molecule has 2 aliphatic rings. The van der Waals surface area contributed by atoms with E-state index in [4.69, 9.17) is 10.3 Å². The second kappa shape index (κ2) is 4.14. The summed E-state index contributed by atoms with van der Waals surface area (Å²) in [6, 6.07) is 0.376. The molecular weight excluding hydrogens is 204 g/mol. The van der Waals surface area contributed by atoms with Crippen LogP contribution in [0.1, 0.15) is 43.3 Å². The Hall–Kier alpha value is -0.940. The van der Waals surface area contributed by atoms with Crippen LogP contribution in [0.4, 0.5) is 0 Å². The fourth-order valence-corrected chi connectivity index (χ4v) is 2.14. The molecule has 0 atom stereocenters. The summed E-state index contributed by atoms with van der Waals surface area (Å²) >= 11 is 0. The maximum absolute atomic E-state index is 5.86. The molecular formula is C11H18N4O. The molecule has 2 heterocycles. The van der Waals surface area contributed by atoms with Crippen molar-refractivity contribution in [3.63, 3.8) is 0 Å². The highest BCUT2D eigenvalue weighted by Crippen LogP contribution is 2.38. The van der Waals surface area contributed by atoms with Gasteiger partial charge in [-0.2, -0.15) is 4.98 Å². The Morgan fingerprint density at radius 2 is 2.00 bits per heavy atom. The van der Waals surface area contributed by atoms with Gasteiger partial charge >= 0.3 is 0 Å². The van der Waals surface area contributed by atoms with Crippen LogP contribution in [-0.2, 0) is 6.54 Å². The van der Waals surface area contributed by atoms with E-state index in [1.165, 1.54) is 12.8 Å². The molecule has 3 rings (SSSR count). The summed E-state index contributed by atoms with van der Waals surface area (Å²) in [4.78, 5) is 6.78. The summed E-state index contributed by atoms with van der Waals surface area (Å²) in [6.45, 7) is 2.87. The summed E-state index contributed by atoms with van der Waals surface area (Å²) in [7, 11) is 0. The molecule has 0 unspecified atom stereocenters. The van der Waals surface area contributed by atoms with E-state index in [2.05, 4.69) is 15.0 Å². The van der Waals surface area contributed by atoms with Crippen molar-refractivity contribution in [1.82, 2.24) is 15.0 Å². The van der Waals surface area contributed by atoms with E-state index in [0.717, 1.165) is 44.2 Å². The highest BCUT2D eigenvalue weighted by Gasteiger charge is 2.29. The Labute approximate surface area is 95.0 Å². The first-order chi connectivity index (χ1) is 7.81. The number of aromatic nitrogens is 2. The highest BCUT2D eigenvalue weighted by atomic mass is 16.5. The summed E-state index contributed by atoms with van der Waals surface area (Å²) in [6.07, 6.45) is 4.59.